The zero-order chi connectivity index (χ0) is 27.1. The van der Waals surface area contributed by atoms with E-state index in [1.165, 1.54) is 18.3 Å². The Bertz CT molecular complexity index is 1800. The van der Waals surface area contributed by atoms with Crippen LogP contribution in [0.3, 0.4) is 0 Å². The molecule has 1 saturated carbocycles. The zero-order valence-corrected chi connectivity index (χ0v) is 22.3. The topological polar surface area (TPSA) is 163 Å². The van der Waals surface area contributed by atoms with Crippen LogP contribution in [0.25, 0.3) is 10.9 Å². The number of hydrogen-bond donors (Lipinski definition) is 4. The molecule has 0 unspecified atom stereocenters. The van der Waals surface area contributed by atoms with Crippen molar-refractivity contribution in [1.29, 1.82) is 0 Å². The van der Waals surface area contributed by atoms with Gasteiger partial charge in [0.1, 0.15) is 11.2 Å². The first-order valence-corrected chi connectivity index (χ1v) is 15.1. The molecule has 0 aliphatic heterocycles. The maximum Gasteiger partial charge on any atom is 0.261 e. The van der Waals surface area contributed by atoms with Gasteiger partial charge >= 0.3 is 0 Å². The number of rotatable bonds is 9. The highest BCUT2D eigenvalue weighted by molar-refractivity contribution is 7.94. The molecule has 0 saturated heterocycles. The van der Waals surface area contributed by atoms with E-state index in [1.807, 2.05) is 6.07 Å². The third-order valence-corrected chi connectivity index (χ3v) is 9.79. The number of H-pyrrole nitrogens is 1. The van der Waals surface area contributed by atoms with Gasteiger partial charge in [-0.05, 0) is 61.7 Å². The predicted octanol–water partition coefficient (Wildman–Crippen LogP) is 3.37. The average Bonchev–Trinajstić information content (AvgIpc) is 3.62. The highest BCUT2D eigenvalue weighted by Gasteiger charge is 2.50. The van der Waals surface area contributed by atoms with Crippen molar-refractivity contribution in [3.63, 3.8) is 0 Å². The summed E-state index contributed by atoms with van der Waals surface area (Å²) < 4.78 is 51.0. The van der Waals surface area contributed by atoms with Gasteiger partial charge in [0.25, 0.3) is 5.56 Å². The number of fused-ring (bicyclic) bond motifs is 1. The van der Waals surface area contributed by atoms with Crippen LogP contribution in [0.2, 0.25) is 0 Å². The van der Waals surface area contributed by atoms with E-state index in [4.69, 9.17) is 0 Å². The quantitative estimate of drug-likeness (QED) is 0.243. The largest absolute Gasteiger partial charge is 0.350 e. The summed E-state index contributed by atoms with van der Waals surface area (Å²) in [5, 5.41) is 6.43. The van der Waals surface area contributed by atoms with E-state index in [2.05, 4.69) is 30.3 Å². The van der Waals surface area contributed by atoms with Gasteiger partial charge in [-0.1, -0.05) is 18.2 Å². The molecule has 2 heterocycles. The number of benzene rings is 2. The second kappa shape index (κ2) is 9.40. The lowest BCUT2D eigenvalue weighted by Gasteiger charge is -2.17. The van der Waals surface area contributed by atoms with Crippen LogP contribution in [0, 0.1) is 0 Å². The molecule has 0 spiro atoms. The van der Waals surface area contributed by atoms with Crippen molar-refractivity contribution >= 4 is 53.9 Å². The van der Waals surface area contributed by atoms with Crippen LogP contribution >= 0.6 is 0 Å². The van der Waals surface area contributed by atoms with E-state index in [0.29, 0.717) is 35.3 Å². The molecule has 0 bridgehead atoms. The summed E-state index contributed by atoms with van der Waals surface area (Å²) in [6.45, 7) is 1.94. The molecule has 38 heavy (non-hydrogen) atoms. The summed E-state index contributed by atoms with van der Waals surface area (Å²) >= 11 is 0. The minimum absolute atomic E-state index is 0.167. The van der Waals surface area contributed by atoms with Gasteiger partial charge < -0.3 is 15.6 Å². The Morgan fingerprint density at radius 3 is 2.37 bits per heavy atom. The third-order valence-electron chi connectivity index (χ3n) is 6.47. The lowest BCUT2D eigenvalue weighted by atomic mass is 10.2. The molecule has 5 rings (SSSR count). The molecular weight excluding hydrogens is 528 g/mol. The van der Waals surface area contributed by atoms with Crippen LogP contribution in [0.5, 0.6) is 0 Å². The number of pyridine rings is 1. The fraction of sp³-hybridized carbons (Fsp3) is 0.240. The van der Waals surface area contributed by atoms with Gasteiger partial charge in [-0.3, -0.25) is 9.52 Å². The van der Waals surface area contributed by atoms with Gasteiger partial charge in [0, 0.05) is 24.7 Å². The van der Waals surface area contributed by atoms with Crippen molar-refractivity contribution in [2.24, 2.45) is 0 Å². The molecule has 11 nitrogen and oxygen atoms in total. The third kappa shape index (κ3) is 5.20. The number of hydrogen-bond acceptors (Lipinski definition) is 9. The molecule has 1 aliphatic rings. The molecule has 0 atom stereocenters. The Labute approximate surface area is 219 Å². The van der Waals surface area contributed by atoms with Crippen LogP contribution in [0.1, 0.15) is 25.3 Å². The van der Waals surface area contributed by atoms with Crippen molar-refractivity contribution in [3.05, 3.63) is 76.7 Å². The van der Waals surface area contributed by atoms with Crippen LogP contribution in [-0.4, -0.2) is 42.8 Å². The normalized spacial score (nSPS) is 14.7. The van der Waals surface area contributed by atoms with Crippen molar-refractivity contribution in [2.75, 3.05) is 21.6 Å². The van der Waals surface area contributed by atoms with E-state index in [9.17, 15) is 21.6 Å². The SMILES string of the molecule is CC1(S(=O)(=O)Nc2ccccc2CNc2nc(Nc3ccc(S(C)(=O)=O)cc3)c3c(=O)[nH]ccc3n2)CC1. The Balaban J connectivity index is 1.43. The fourth-order valence-corrected chi connectivity index (χ4v) is 5.85. The van der Waals surface area contributed by atoms with Gasteiger partial charge in [0.05, 0.1) is 20.8 Å². The van der Waals surface area contributed by atoms with Crippen molar-refractivity contribution in [1.82, 2.24) is 15.0 Å². The zero-order valence-electron chi connectivity index (χ0n) is 20.6. The van der Waals surface area contributed by atoms with E-state index in [-0.39, 0.29) is 28.6 Å². The average molecular weight is 555 g/mol. The summed E-state index contributed by atoms with van der Waals surface area (Å²) in [7, 11) is -6.88. The molecule has 1 fully saturated rings. The summed E-state index contributed by atoms with van der Waals surface area (Å²) in [6.07, 6.45) is 3.86. The van der Waals surface area contributed by atoms with Gasteiger partial charge in [-0.15, -0.1) is 0 Å². The molecule has 13 heteroatoms. The van der Waals surface area contributed by atoms with E-state index in [1.54, 1.807) is 43.3 Å². The summed E-state index contributed by atoms with van der Waals surface area (Å²) in [5.74, 6) is 0.437. The molecule has 2 aromatic heterocycles. The van der Waals surface area contributed by atoms with Crippen LogP contribution in [0.15, 0.2) is 70.5 Å². The fourth-order valence-electron chi connectivity index (χ4n) is 3.84. The van der Waals surface area contributed by atoms with Crippen molar-refractivity contribution in [3.8, 4) is 0 Å². The Morgan fingerprint density at radius 1 is 0.974 bits per heavy atom. The first kappa shape index (κ1) is 25.7. The summed E-state index contributed by atoms with van der Waals surface area (Å²) in [5.41, 5.74) is 1.69. The van der Waals surface area contributed by atoms with Gasteiger partial charge in [0.2, 0.25) is 16.0 Å². The molecule has 1 aliphatic carbocycles. The lowest BCUT2D eigenvalue weighted by Crippen LogP contribution is -2.27. The van der Waals surface area contributed by atoms with E-state index >= 15 is 0 Å². The first-order chi connectivity index (χ1) is 18.0. The predicted molar refractivity (Wildman–Crippen MR) is 147 cm³/mol. The summed E-state index contributed by atoms with van der Waals surface area (Å²) in [6, 6.07) is 14.8. The Hall–Kier alpha value is -3.97. The van der Waals surface area contributed by atoms with E-state index < -0.39 is 30.2 Å². The number of aromatic nitrogens is 3. The molecule has 4 aromatic rings. The van der Waals surface area contributed by atoms with E-state index in [0.717, 1.165) is 6.26 Å². The monoisotopic (exact) mass is 554 g/mol. The van der Waals surface area contributed by atoms with Gasteiger partial charge in [0.15, 0.2) is 9.84 Å². The molecule has 0 radical (unpaired) electrons. The van der Waals surface area contributed by atoms with Gasteiger partial charge in [-0.2, -0.15) is 4.98 Å². The van der Waals surface area contributed by atoms with Crippen molar-refractivity contribution < 1.29 is 16.8 Å². The number of sulfone groups is 1. The molecule has 2 aromatic carbocycles. The lowest BCUT2D eigenvalue weighted by molar-refractivity contribution is 0.587. The minimum Gasteiger partial charge on any atom is -0.350 e. The highest BCUT2D eigenvalue weighted by Crippen LogP contribution is 2.43. The maximum absolute atomic E-state index is 12.8. The van der Waals surface area contributed by atoms with Crippen molar-refractivity contribution in [2.45, 2.75) is 36.0 Å². The Morgan fingerprint density at radius 2 is 1.68 bits per heavy atom. The summed E-state index contributed by atoms with van der Waals surface area (Å²) in [4.78, 5) is 24.3. The Kier molecular flexibility index (Phi) is 6.35. The minimum atomic E-state index is -3.53. The smallest absolute Gasteiger partial charge is 0.261 e. The number of aromatic amines is 1. The van der Waals surface area contributed by atoms with Gasteiger partial charge in [-0.25, -0.2) is 21.8 Å². The van der Waals surface area contributed by atoms with Crippen LogP contribution < -0.4 is 20.9 Å². The number of sulfonamides is 1. The number of nitrogens with zero attached hydrogens (tertiary/aromatic N) is 2. The second-order valence-electron chi connectivity index (χ2n) is 9.45. The molecular formula is C25H26N6O5S2. The van der Waals surface area contributed by atoms with Crippen LogP contribution in [-0.2, 0) is 26.4 Å². The second-order valence-corrected chi connectivity index (χ2v) is 13.7. The number of para-hydroxylation sites is 1. The number of anilines is 4. The molecule has 198 valence electrons. The number of nitrogens with one attached hydrogen (secondary N) is 4. The highest BCUT2D eigenvalue weighted by atomic mass is 32.2. The molecule has 4 N–H and O–H groups in total. The maximum atomic E-state index is 12.8. The molecule has 0 amide bonds. The standard InChI is InChI=1S/C25H26N6O5S2/c1-25(12-13-25)38(35,36)31-19-6-4-3-5-16(19)15-27-24-29-20-11-14-26-23(32)21(20)22(30-24)28-17-7-9-18(10-8-17)37(2,33)34/h3-11,14,31H,12-13,15H2,1-2H3,(H,26,32)(H2,27,28,29,30). The first-order valence-electron chi connectivity index (χ1n) is 11.8. The van der Waals surface area contributed by atoms with Crippen LogP contribution in [0.4, 0.5) is 23.1 Å².